The molecule has 0 radical (unpaired) electrons. The van der Waals surface area contributed by atoms with Crippen LogP contribution in [0.1, 0.15) is 17.5 Å². The monoisotopic (exact) mass is 265 g/mol. The topological polar surface area (TPSA) is 23.5 Å². The molecule has 1 N–H and O–H groups in total. The maximum atomic E-state index is 10.1. The summed E-state index contributed by atoms with van der Waals surface area (Å²) in [6.07, 6.45) is 3.94. The van der Waals surface area contributed by atoms with Gasteiger partial charge in [-0.25, -0.2) is 0 Å². The molecule has 102 valence electrons. The predicted molar refractivity (Wildman–Crippen MR) is 81.5 cm³/mol. The van der Waals surface area contributed by atoms with Crippen molar-refractivity contribution < 1.29 is 5.21 Å². The van der Waals surface area contributed by atoms with E-state index < -0.39 is 0 Å². The zero-order chi connectivity index (χ0) is 13.8. The van der Waals surface area contributed by atoms with Crippen LogP contribution in [-0.2, 0) is 6.42 Å². The summed E-state index contributed by atoms with van der Waals surface area (Å²) in [5.74, 6) is 0. The molecule has 2 aromatic carbocycles. The fourth-order valence-corrected chi connectivity index (χ4v) is 2.72. The molecule has 0 saturated heterocycles. The third-order valence-corrected chi connectivity index (χ3v) is 3.82. The molecule has 20 heavy (non-hydrogen) atoms. The first-order chi connectivity index (χ1) is 9.83. The quantitative estimate of drug-likeness (QED) is 0.913. The van der Waals surface area contributed by atoms with Crippen molar-refractivity contribution in [3.63, 3.8) is 0 Å². The number of hydroxylamine groups is 2. The summed E-state index contributed by atoms with van der Waals surface area (Å²) in [5, 5.41) is 11.5. The minimum absolute atomic E-state index is 0.0568. The van der Waals surface area contributed by atoms with Crippen LogP contribution in [0.15, 0.2) is 66.7 Å². The summed E-state index contributed by atoms with van der Waals surface area (Å²) >= 11 is 0. The third kappa shape index (κ3) is 2.98. The van der Waals surface area contributed by atoms with E-state index in [2.05, 4.69) is 42.5 Å². The second-order valence-corrected chi connectivity index (χ2v) is 5.23. The van der Waals surface area contributed by atoms with Gasteiger partial charge in [0.25, 0.3) is 0 Å². The Balaban J connectivity index is 1.82. The minimum atomic E-state index is 0.0568. The Kier molecular flexibility index (Phi) is 3.95. The lowest BCUT2D eigenvalue weighted by atomic mass is 9.94. The highest BCUT2D eigenvalue weighted by atomic mass is 16.5. The van der Waals surface area contributed by atoms with Crippen molar-refractivity contribution in [1.29, 1.82) is 0 Å². The van der Waals surface area contributed by atoms with Gasteiger partial charge < -0.3 is 5.21 Å². The Hall–Kier alpha value is -1.90. The predicted octanol–water partition coefficient (Wildman–Crippen LogP) is 3.78. The second-order valence-electron chi connectivity index (χ2n) is 5.23. The summed E-state index contributed by atoms with van der Waals surface area (Å²) in [5.41, 5.74) is 3.85. The van der Waals surface area contributed by atoms with Crippen LogP contribution in [0.3, 0.4) is 0 Å². The van der Waals surface area contributed by atoms with Crippen LogP contribution in [0.2, 0.25) is 0 Å². The molecule has 1 unspecified atom stereocenters. The van der Waals surface area contributed by atoms with Crippen molar-refractivity contribution in [1.82, 2.24) is 5.06 Å². The number of benzene rings is 2. The molecule has 0 amide bonds. The van der Waals surface area contributed by atoms with Gasteiger partial charge >= 0.3 is 0 Å². The van der Waals surface area contributed by atoms with Gasteiger partial charge in [0.05, 0.1) is 6.04 Å². The standard InChI is InChI=1S/C18H19NO/c20-19-12-11-17(16-9-5-2-6-10-16)14-18(19)13-15-7-3-1-4-8-15/h1-10,14,18,20H,11-13H2. The Morgan fingerprint density at radius 3 is 2.30 bits per heavy atom. The maximum absolute atomic E-state index is 10.1. The summed E-state index contributed by atoms with van der Waals surface area (Å²) in [4.78, 5) is 0. The first-order valence-corrected chi connectivity index (χ1v) is 7.08. The van der Waals surface area contributed by atoms with Crippen molar-refractivity contribution in [2.24, 2.45) is 0 Å². The van der Waals surface area contributed by atoms with Gasteiger partial charge in [0.1, 0.15) is 0 Å². The molecule has 1 aliphatic heterocycles. The van der Waals surface area contributed by atoms with Gasteiger partial charge in [-0.15, -0.1) is 0 Å². The number of nitrogens with zero attached hydrogens (tertiary/aromatic N) is 1. The first kappa shape index (κ1) is 13.1. The van der Waals surface area contributed by atoms with Gasteiger partial charge in [-0.1, -0.05) is 66.7 Å². The fraction of sp³-hybridized carbons (Fsp3) is 0.222. The average molecular weight is 265 g/mol. The first-order valence-electron chi connectivity index (χ1n) is 7.08. The lowest BCUT2D eigenvalue weighted by Gasteiger charge is -2.29. The third-order valence-electron chi connectivity index (χ3n) is 3.82. The molecule has 1 atom stereocenters. The van der Waals surface area contributed by atoms with Crippen LogP contribution in [-0.4, -0.2) is 22.9 Å². The van der Waals surface area contributed by atoms with Crippen LogP contribution in [0.5, 0.6) is 0 Å². The SMILES string of the molecule is ON1CCC(c2ccccc2)=CC1Cc1ccccc1. The highest BCUT2D eigenvalue weighted by Gasteiger charge is 2.21. The summed E-state index contributed by atoms with van der Waals surface area (Å²) < 4.78 is 0. The van der Waals surface area contributed by atoms with Crippen LogP contribution in [0.4, 0.5) is 0 Å². The molecule has 1 aliphatic rings. The lowest BCUT2D eigenvalue weighted by molar-refractivity contribution is -0.114. The molecule has 0 saturated carbocycles. The summed E-state index contributed by atoms with van der Waals surface area (Å²) in [7, 11) is 0. The van der Waals surface area contributed by atoms with Crippen LogP contribution in [0, 0.1) is 0 Å². The molecule has 3 rings (SSSR count). The Morgan fingerprint density at radius 2 is 1.60 bits per heavy atom. The average Bonchev–Trinajstić information content (AvgIpc) is 2.51. The van der Waals surface area contributed by atoms with Crippen molar-refractivity contribution in [2.75, 3.05) is 6.54 Å². The fourth-order valence-electron chi connectivity index (χ4n) is 2.72. The molecule has 2 heteroatoms. The molecule has 0 fully saturated rings. The van der Waals surface area contributed by atoms with Gasteiger partial charge in [-0.2, -0.15) is 5.06 Å². The van der Waals surface area contributed by atoms with Crippen molar-refractivity contribution in [3.8, 4) is 0 Å². The van der Waals surface area contributed by atoms with Crippen molar-refractivity contribution in [2.45, 2.75) is 18.9 Å². The smallest absolute Gasteiger partial charge is 0.0576 e. The van der Waals surface area contributed by atoms with Gasteiger partial charge in [0.15, 0.2) is 0 Å². The van der Waals surface area contributed by atoms with E-state index >= 15 is 0 Å². The highest BCUT2D eigenvalue weighted by Crippen LogP contribution is 2.25. The molecule has 2 nitrogen and oxygen atoms in total. The van der Waals surface area contributed by atoms with Gasteiger partial charge in [0.2, 0.25) is 0 Å². The number of hydrogen-bond acceptors (Lipinski definition) is 2. The molecule has 1 heterocycles. The largest absolute Gasteiger partial charge is 0.313 e. The minimum Gasteiger partial charge on any atom is -0.313 e. The van der Waals surface area contributed by atoms with E-state index in [0.29, 0.717) is 6.54 Å². The molecule has 0 bridgehead atoms. The van der Waals surface area contributed by atoms with Gasteiger partial charge in [0, 0.05) is 6.54 Å². The second kappa shape index (κ2) is 6.04. The van der Waals surface area contributed by atoms with Crippen molar-refractivity contribution in [3.05, 3.63) is 77.9 Å². The van der Waals surface area contributed by atoms with E-state index in [1.807, 2.05) is 24.3 Å². The van der Waals surface area contributed by atoms with E-state index in [1.165, 1.54) is 21.8 Å². The van der Waals surface area contributed by atoms with Crippen LogP contribution in [0.25, 0.3) is 5.57 Å². The maximum Gasteiger partial charge on any atom is 0.0576 e. The van der Waals surface area contributed by atoms with E-state index in [-0.39, 0.29) is 6.04 Å². The van der Waals surface area contributed by atoms with E-state index in [1.54, 1.807) is 0 Å². The van der Waals surface area contributed by atoms with Crippen LogP contribution < -0.4 is 0 Å². The molecule has 0 aromatic heterocycles. The lowest BCUT2D eigenvalue weighted by Crippen LogP contribution is -2.36. The molecule has 0 aliphatic carbocycles. The van der Waals surface area contributed by atoms with Crippen LogP contribution >= 0.6 is 0 Å². The Labute approximate surface area is 119 Å². The zero-order valence-corrected chi connectivity index (χ0v) is 11.4. The summed E-state index contributed by atoms with van der Waals surface area (Å²) in [6.45, 7) is 0.693. The van der Waals surface area contributed by atoms with Crippen molar-refractivity contribution >= 4 is 5.57 Å². The number of hydrogen-bond donors (Lipinski definition) is 1. The molecule has 0 spiro atoms. The molecular weight excluding hydrogens is 246 g/mol. The molecule has 2 aromatic rings. The van der Waals surface area contributed by atoms with Gasteiger partial charge in [-0.05, 0) is 29.5 Å². The van der Waals surface area contributed by atoms with E-state index in [4.69, 9.17) is 0 Å². The van der Waals surface area contributed by atoms with Gasteiger partial charge in [-0.3, -0.25) is 0 Å². The van der Waals surface area contributed by atoms with E-state index in [0.717, 1.165) is 12.8 Å². The summed E-state index contributed by atoms with van der Waals surface area (Å²) in [6, 6.07) is 20.8. The molecular formula is C18H19NO. The zero-order valence-electron chi connectivity index (χ0n) is 11.4. The highest BCUT2D eigenvalue weighted by molar-refractivity contribution is 5.67. The Bertz CT molecular complexity index is 577. The normalized spacial score (nSPS) is 19.6. The Morgan fingerprint density at radius 1 is 0.950 bits per heavy atom. The number of rotatable bonds is 3. The van der Waals surface area contributed by atoms with E-state index in [9.17, 15) is 5.21 Å².